The highest BCUT2D eigenvalue weighted by Crippen LogP contribution is 2.16. The van der Waals surface area contributed by atoms with Gasteiger partial charge in [0, 0.05) is 19.5 Å². The van der Waals surface area contributed by atoms with Gasteiger partial charge in [-0.15, -0.1) is 0 Å². The molecule has 0 bridgehead atoms. The molecule has 0 aliphatic carbocycles. The average Bonchev–Trinajstić information content (AvgIpc) is 2.47. The van der Waals surface area contributed by atoms with E-state index in [0.29, 0.717) is 18.2 Å². The highest BCUT2D eigenvalue weighted by molar-refractivity contribution is 5.76. The van der Waals surface area contributed by atoms with Crippen LogP contribution in [0.1, 0.15) is 52.4 Å². The summed E-state index contributed by atoms with van der Waals surface area (Å²) in [6.45, 7) is 10.4. The number of hydrogen-bond donors (Lipinski definition) is 1. The first kappa shape index (κ1) is 17.4. The topological polar surface area (TPSA) is 49.6 Å². The number of amides is 1. The molecule has 2 N–H and O–H groups in total. The van der Waals surface area contributed by atoms with E-state index < -0.39 is 0 Å². The van der Waals surface area contributed by atoms with Crippen molar-refractivity contribution < 1.29 is 4.79 Å². The highest BCUT2D eigenvalue weighted by Gasteiger charge is 2.21. The van der Waals surface area contributed by atoms with E-state index in [1.54, 1.807) is 0 Å². The number of nitrogens with zero attached hydrogens (tertiary/aromatic N) is 2. The van der Waals surface area contributed by atoms with Gasteiger partial charge in [-0.1, -0.05) is 13.8 Å². The summed E-state index contributed by atoms with van der Waals surface area (Å²) in [5, 5.41) is 0. The molecule has 0 aromatic heterocycles. The Hall–Kier alpha value is -0.610. The molecule has 0 unspecified atom stereocenters. The third kappa shape index (κ3) is 6.23. The maximum atomic E-state index is 12.2. The molecule has 1 rings (SSSR count). The number of carbonyl (C=O) groups excluding carboxylic acids is 1. The van der Waals surface area contributed by atoms with Gasteiger partial charge in [-0.05, 0) is 64.2 Å². The molecule has 1 aliphatic heterocycles. The van der Waals surface area contributed by atoms with Crippen LogP contribution in [0.25, 0.3) is 0 Å². The molecule has 118 valence electrons. The van der Waals surface area contributed by atoms with Crippen LogP contribution in [0, 0.1) is 5.92 Å². The van der Waals surface area contributed by atoms with Gasteiger partial charge in [-0.3, -0.25) is 4.79 Å². The van der Waals surface area contributed by atoms with Gasteiger partial charge in [0.05, 0.1) is 0 Å². The van der Waals surface area contributed by atoms with Gasteiger partial charge in [0.2, 0.25) is 5.91 Å². The van der Waals surface area contributed by atoms with E-state index in [-0.39, 0.29) is 0 Å². The molecule has 1 amide bonds. The van der Waals surface area contributed by atoms with Gasteiger partial charge in [0.15, 0.2) is 0 Å². The van der Waals surface area contributed by atoms with Crippen molar-refractivity contribution in [3.63, 3.8) is 0 Å². The van der Waals surface area contributed by atoms with Crippen LogP contribution in [0.2, 0.25) is 0 Å². The van der Waals surface area contributed by atoms with Gasteiger partial charge in [0.25, 0.3) is 0 Å². The first-order chi connectivity index (χ1) is 9.71. The number of nitrogens with two attached hydrogens (primary N) is 1. The van der Waals surface area contributed by atoms with Crippen LogP contribution in [0.3, 0.4) is 0 Å². The van der Waals surface area contributed by atoms with Gasteiger partial charge in [-0.2, -0.15) is 0 Å². The van der Waals surface area contributed by atoms with E-state index in [2.05, 4.69) is 18.7 Å². The van der Waals surface area contributed by atoms with Crippen molar-refractivity contribution in [1.82, 2.24) is 9.80 Å². The minimum absolute atomic E-state index is 0.341. The third-order valence-corrected chi connectivity index (χ3v) is 4.25. The van der Waals surface area contributed by atoms with Gasteiger partial charge in [-0.25, -0.2) is 0 Å². The van der Waals surface area contributed by atoms with Crippen LogP contribution in [0.4, 0.5) is 0 Å². The summed E-state index contributed by atoms with van der Waals surface area (Å²) in [4.78, 5) is 16.7. The Kier molecular flexibility index (Phi) is 8.86. The van der Waals surface area contributed by atoms with Crippen LogP contribution in [-0.4, -0.2) is 55.0 Å². The Morgan fingerprint density at radius 1 is 1.15 bits per heavy atom. The minimum atomic E-state index is 0.341. The number of rotatable bonds is 9. The van der Waals surface area contributed by atoms with Crippen LogP contribution < -0.4 is 5.73 Å². The maximum Gasteiger partial charge on any atom is 0.222 e. The van der Waals surface area contributed by atoms with Crippen molar-refractivity contribution in [2.75, 3.05) is 39.3 Å². The number of hydrogen-bond acceptors (Lipinski definition) is 3. The lowest BCUT2D eigenvalue weighted by Gasteiger charge is -2.31. The number of piperidine rings is 1. The maximum absolute atomic E-state index is 12.2. The molecule has 0 aromatic carbocycles. The van der Waals surface area contributed by atoms with E-state index in [1.165, 1.54) is 12.8 Å². The fourth-order valence-corrected chi connectivity index (χ4v) is 3.00. The summed E-state index contributed by atoms with van der Waals surface area (Å²) >= 11 is 0. The average molecular weight is 283 g/mol. The molecule has 4 nitrogen and oxygen atoms in total. The molecular formula is C16H33N3O. The summed E-state index contributed by atoms with van der Waals surface area (Å²) in [5.41, 5.74) is 5.69. The van der Waals surface area contributed by atoms with Crippen LogP contribution in [-0.2, 0) is 4.79 Å². The fourth-order valence-electron chi connectivity index (χ4n) is 3.00. The first-order valence-electron chi connectivity index (χ1n) is 8.41. The monoisotopic (exact) mass is 283 g/mol. The zero-order valence-electron chi connectivity index (χ0n) is 13.4. The second-order valence-electron chi connectivity index (χ2n) is 6.01. The quantitative estimate of drug-likeness (QED) is 0.705. The molecule has 20 heavy (non-hydrogen) atoms. The molecule has 0 radical (unpaired) electrons. The smallest absolute Gasteiger partial charge is 0.222 e. The third-order valence-electron chi connectivity index (χ3n) is 4.25. The lowest BCUT2D eigenvalue weighted by molar-refractivity contribution is -0.132. The zero-order chi connectivity index (χ0) is 14.8. The Bertz CT molecular complexity index is 256. The lowest BCUT2D eigenvalue weighted by Crippen LogP contribution is -2.40. The molecule has 1 aliphatic rings. The predicted molar refractivity (Wildman–Crippen MR) is 84.6 cm³/mol. The van der Waals surface area contributed by atoms with Crippen LogP contribution >= 0.6 is 0 Å². The van der Waals surface area contributed by atoms with Gasteiger partial charge < -0.3 is 15.5 Å². The molecule has 1 saturated heterocycles. The summed E-state index contributed by atoms with van der Waals surface area (Å²) in [6.07, 6.45) is 6.26. The molecule has 1 heterocycles. The fraction of sp³-hybridized carbons (Fsp3) is 0.938. The van der Waals surface area contributed by atoms with Crippen LogP contribution in [0.15, 0.2) is 0 Å². The molecule has 0 spiro atoms. The normalized spacial score (nSPS) is 16.9. The summed E-state index contributed by atoms with van der Waals surface area (Å²) < 4.78 is 0. The zero-order valence-corrected chi connectivity index (χ0v) is 13.4. The molecular weight excluding hydrogens is 250 g/mol. The van der Waals surface area contributed by atoms with Gasteiger partial charge >= 0.3 is 0 Å². The van der Waals surface area contributed by atoms with E-state index in [4.69, 9.17) is 5.73 Å². The molecule has 0 saturated carbocycles. The minimum Gasteiger partial charge on any atom is -0.343 e. The predicted octanol–water partition coefficient (Wildman–Crippen LogP) is 2.09. The Morgan fingerprint density at radius 2 is 1.75 bits per heavy atom. The van der Waals surface area contributed by atoms with Crippen molar-refractivity contribution in [3.05, 3.63) is 0 Å². The largest absolute Gasteiger partial charge is 0.343 e. The summed E-state index contributed by atoms with van der Waals surface area (Å²) in [5.74, 6) is 0.970. The molecule has 0 aromatic rings. The van der Waals surface area contributed by atoms with Crippen molar-refractivity contribution in [2.45, 2.75) is 52.4 Å². The Balaban J connectivity index is 2.19. The van der Waals surface area contributed by atoms with E-state index >= 15 is 0 Å². The SMILES string of the molecule is CCCN(CCC)CCCC(=O)N1CCC(CN)CC1. The van der Waals surface area contributed by atoms with Crippen LogP contribution in [0.5, 0.6) is 0 Å². The van der Waals surface area contributed by atoms with E-state index in [0.717, 1.165) is 58.5 Å². The van der Waals surface area contributed by atoms with Crippen molar-refractivity contribution in [3.8, 4) is 0 Å². The van der Waals surface area contributed by atoms with Crippen molar-refractivity contribution in [1.29, 1.82) is 0 Å². The summed E-state index contributed by atoms with van der Waals surface area (Å²) in [6, 6.07) is 0. The number of likely N-dealkylation sites (tertiary alicyclic amines) is 1. The van der Waals surface area contributed by atoms with Gasteiger partial charge in [0.1, 0.15) is 0 Å². The standard InChI is InChI=1S/C16H33N3O/c1-3-9-18(10-4-2)11-5-6-16(20)19-12-7-15(14-17)8-13-19/h15H,3-14,17H2,1-2H3. The first-order valence-corrected chi connectivity index (χ1v) is 8.41. The Labute approximate surface area is 124 Å². The van der Waals surface area contributed by atoms with E-state index in [1.807, 2.05) is 4.90 Å². The second kappa shape index (κ2) is 10.2. The Morgan fingerprint density at radius 3 is 2.25 bits per heavy atom. The van der Waals surface area contributed by atoms with Crippen molar-refractivity contribution >= 4 is 5.91 Å². The second-order valence-corrected chi connectivity index (χ2v) is 6.01. The molecule has 4 heteroatoms. The van der Waals surface area contributed by atoms with E-state index in [9.17, 15) is 4.79 Å². The molecule has 0 atom stereocenters. The number of carbonyl (C=O) groups is 1. The summed E-state index contributed by atoms with van der Waals surface area (Å²) in [7, 11) is 0. The highest BCUT2D eigenvalue weighted by atomic mass is 16.2. The lowest BCUT2D eigenvalue weighted by atomic mass is 9.97. The van der Waals surface area contributed by atoms with Crippen molar-refractivity contribution in [2.24, 2.45) is 11.7 Å². The molecule has 1 fully saturated rings.